The van der Waals surface area contributed by atoms with Gasteiger partial charge in [0.2, 0.25) is 0 Å². The molecule has 2 rings (SSSR count). The maximum absolute atomic E-state index is 13.0. The molecule has 0 saturated carbocycles. The second-order valence-electron chi connectivity index (χ2n) is 5.14. The zero-order valence-electron chi connectivity index (χ0n) is 11.6. The fraction of sp³-hybridized carbons (Fsp3) is 0.571. The molecule has 1 fully saturated rings. The van der Waals surface area contributed by atoms with Crippen molar-refractivity contribution in [3.05, 3.63) is 29.3 Å². The molecule has 1 unspecified atom stereocenters. The molecule has 1 heterocycles. The minimum atomic E-state index is -4.22. The van der Waals surface area contributed by atoms with E-state index in [4.69, 9.17) is 17.3 Å². The van der Waals surface area contributed by atoms with Gasteiger partial charge in [0.15, 0.2) is 0 Å². The van der Waals surface area contributed by atoms with E-state index in [0.717, 1.165) is 5.69 Å². The number of benzene rings is 1. The van der Waals surface area contributed by atoms with Crippen molar-refractivity contribution in [3.8, 4) is 0 Å². The van der Waals surface area contributed by atoms with E-state index in [1.807, 2.05) is 18.2 Å². The molecule has 0 amide bonds. The van der Waals surface area contributed by atoms with Crippen LogP contribution in [0, 0.1) is 0 Å². The highest BCUT2D eigenvalue weighted by Gasteiger charge is 2.43. The average molecular weight is 322 g/mol. The second kappa shape index (κ2) is 6.85. The minimum absolute atomic E-state index is 0.0404. The Morgan fingerprint density at radius 1 is 1.19 bits per heavy atom. The van der Waals surface area contributed by atoms with Gasteiger partial charge in [-0.3, -0.25) is 4.90 Å². The summed E-state index contributed by atoms with van der Waals surface area (Å²) in [5, 5.41) is 0.631. The molecular formula is C14H19ClF3N3. The third kappa shape index (κ3) is 4.25. The molecule has 2 N–H and O–H groups in total. The van der Waals surface area contributed by atoms with Crippen molar-refractivity contribution in [2.45, 2.75) is 18.6 Å². The van der Waals surface area contributed by atoms with Crippen molar-refractivity contribution in [3.63, 3.8) is 0 Å². The van der Waals surface area contributed by atoms with Crippen LogP contribution in [-0.2, 0) is 0 Å². The van der Waals surface area contributed by atoms with Crippen molar-refractivity contribution < 1.29 is 13.2 Å². The van der Waals surface area contributed by atoms with E-state index in [9.17, 15) is 13.2 Å². The van der Waals surface area contributed by atoms with Crippen LogP contribution in [0.5, 0.6) is 0 Å². The van der Waals surface area contributed by atoms with Crippen LogP contribution in [0.1, 0.15) is 6.42 Å². The first-order chi connectivity index (χ1) is 9.91. The lowest BCUT2D eigenvalue weighted by atomic mass is 10.1. The highest BCUT2D eigenvalue weighted by atomic mass is 35.5. The average Bonchev–Trinajstić information content (AvgIpc) is 2.44. The first-order valence-corrected chi connectivity index (χ1v) is 7.31. The quantitative estimate of drug-likeness (QED) is 0.925. The van der Waals surface area contributed by atoms with Crippen LogP contribution in [0.25, 0.3) is 0 Å². The van der Waals surface area contributed by atoms with Gasteiger partial charge < -0.3 is 10.6 Å². The van der Waals surface area contributed by atoms with Crippen molar-refractivity contribution in [2.24, 2.45) is 5.73 Å². The minimum Gasteiger partial charge on any atom is -0.369 e. The molecule has 21 heavy (non-hydrogen) atoms. The Bertz CT molecular complexity index is 459. The molecule has 1 atom stereocenters. The largest absolute Gasteiger partial charge is 0.404 e. The Morgan fingerprint density at radius 3 is 2.38 bits per heavy atom. The first kappa shape index (κ1) is 16.4. The van der Waals surface area contributed by atoms with E-state index >= 15 is 0 Å². The van der Waals surface area contributed by atoms with Gasteiger partial charge in [0, 0.05) is 36.9 Å². The molecule has 118 valence electrons. The summed E-state index contributed by atoms with van der Waals surface area (Å²) in [7, 11) is 0. The smallest absolute Gasteiger partial charge is 0.369 e. The summed E-state index contributed by atoms with van der Waals surface area (Å²) in [6.07, 6.45) is -4.28. The molecule has 0 aliphatic carbocycles. The van der Waals surface area contributed by atoms with Gasteiger partial charge in [-0.05, 0) is 31.2 Å². The standard InChI is InChI=1S/C14H19ClF3N3/c15-11-2-1-3-12(10-11)20-6-8-21(9-7-20)13(4-5-19)14(16,17)18/h1-3,10,13H,4-9,19H2. The van der Waals surface area contributed by atoms with Gasteiger partial charge in [-0.25, -0.2) is 0 Å². The second-order valence-corrected chi connectivity index (χ2v) is 5.57. The number of nitrogens with two attached hydrogens (primary N) is 1. The number of hydrogen-bond acceptors (Lipinski definition) is 3. The van der Waals surface area contributed by atoms with E-state index < -0.39 is 12.2 Å². The van der Waals surface area contributed by atoms with Gasteiger partial charge in [-0.2, -0.15) is 13.2 Å². The molecule has 1 aliphatic rings. The third-order valence-electron chi connectivity index (χ3n) is 3.75. The lowest BCUT2D eigenvalue weighted by molar-refractivity contribution is -0.185. The highest BCUT2D eigenvalue weighted by molar-refractivity contribution is 6.30. The number of halogens is 4. The Kier molecular flexibility index (Phi) is 5.35. The van der Waals surface area contributed by atoms with E-state index in [0.29, 0.717) is 31.2 Å². The van der Waals surface area contributed by atoms with Gasteiger partial charge in [0.25, 0.3) is 0 Å². The fourth-order valence-corrected chi connectivity index (χ4v) is 2.86. The number of anilines is 1. The van der Waals surface area contributed by atoms with Crippen LogP contribution in [-0.4, -0.2) is 49.8 Å². The summed E-state index contributed by atoms with van der Waals surface area (Å²) < 4.78 is 39.1. The van der Waals surface area contributed by atoms with E-state index in [1.165, 1.54) is 4.90 Å². The molecule has 1 saturated heterocycles. The van der Waals surface area contributed by atoms with E-state index in [-0.39, 0.29) is 13.0 Å². The maximum atomic E-state index is 13.0. The molecule has 0 aromatic heterocycles. The Labute approximate surface area is 127 Å². The maximum Gasteiger partial charge on any atom is 0.404 e. The zero-order chi connectivity index (χ0) is 15.5. The summed E-state index contributed by atoms with van der Waals surface area (Å²) in [6, 6.07) is 5.93. The third-order valence-corrected chi connectivity index (χ3v) is 3.98. The molecule has 0 bridgehead atoms. The van der Waals surface area contributed by atoms with Crippen molar-refractivity contribution >= 4 is 17.3 Å². The summed E-state index contributed by atoms with van der Waals surface area (Å²) in [6.45, 7) is 1.89. The van der Waals surface area contributed by atoms with Crippen LogP contribution in [0.4, 0.5) is 18.9 Å². The Balaban J connectivity index is 1.99. The lowest BCUT2D eigenvalue weighted by Gasteiger charge is -2.40. The topological polar surface area (TPSA) is 32.5 Å². The number of piperazine rings is 1. The van der Waals surface area contributed by atoms with E-state index in [2.05, 4.69) is 4.90 Å². The predicted molar refractivity (Wildman–Crippen MR) is 78.8 cm³/mol. The van der Waals surface area contributed by atoms with Crippen LogP contribution < -0.4 is 10.6 Å². The molecule has 0 spiro atoms. The summed E-state index contributed by atoms with van der Waals surface area (Å²) >= 11 is 5.94. The van der Waals surface area contributed by atoms with E-state index in [1.54, 1.807) is 6.07 Å². The first-order valence-electron chi connectivity index (χ1n) is 6.93. The summed E-state index contributed by atoms with van der Waals surface area (Å²) in [5.41, 5.74) is 6.26. The predicted octanol–water partition coefficient (Wildman–Crippen LogP) is 2.74. The molecule has 0 radical (unpaired) electrons. The molecular weight excluding hydrogens is 303 g/mol. The number of rotatable bonds is 4. The van der Waals surface area contributed by atoms with Crippen molar-refractivity contribution in [1.82, 2.24) is 4.90 Å². The van der Waals surface area contributed by atoms with Gasteiger partial charge in [-0.15, -0.1) is 0 Å². The van der Waals surface area contributed by atoms with Crippen molar-refractivity contribution in [1.29, 1.82) is 0 Å². The lowest BCUT2D eigenvalue weighted by Crippen LogP contribution is -2.55. The molecule has 7 heteroatoms. The SMILES string of the molecule is NCCC(N1CCN(c2cccc(Cl)c2)CC1)C(F)(F)F. The van der Waals surface area contributed by atoms with Crippen molar-refractivity contribution in [2.75, 3.05) is 37.6 Å². The van der Waals surface area contributed by atoms with Gasteiger partial charge >= 0.3 is 6.18 Å². The normalized spacial score (nSPS) is 18.8. The number of nitrogens with zero attached hydrogens (tertiary/aromatic N) is 2. The fourth-order valence-electron chi connectivity index (χ4n) is 2.68. The Hall–Kier alpha value is -0.980. The van der Waals surface area contributed by atoms with Gasteiger partial charge in [0.05, 0.1) is 0 Å². The van der Waals surface area contributed by atoms with Gasteiger partial charge in [-0.1, -0.05) is 17.7 Å². The summed E-state index contributed by atoms with van der Waals surface area (Å²) in [5.74, 6) is 0. The number of alkyl halides is 3. The van der Waals surface area contributed by atoms with Crippen LogP contribution in [0.15, 0.2) is 24.3 Å². The van der Waals surface area contributed by atoms with Crippen LogP contribution in [0.3, 0.4) is 0 Å². The molecule has 1 aromatic rings. The van der Waals surface area contributed by atoms with Gasteiger partial charge in [0.1, 0.15) is 6.04 Å². The Morgan fingerprint density at radius 2 is 1.86 bits per heavy atom. The zero-order valence-corrected chi connectivity index (χ0v) is 12.4. The monoisotopic (exact) mass is 321 g/mol. The van der Waals surface area contributed by atoms with Crippen LogP contribution in [0.2, 0.25) is 5.02 Å². The summed E-state index contributed by atoms with van der Waals surface area (Å²) in [4.78, 5) is 3.53. The molecule has 1 aromatic carbocycles. The van der Waals surface area contributed by atoms with Crippen LogP contribution >= 0.6 is 11.6 Å². The molecule has 1 aliphatic heterocycles. The number of hydrogen-bond donors (Lipinski definition) is 1. The molecule has 3 nitrogen and oxygen atoms in total. The highest BCUT2D eigenvalue weighted by Crippen LogP contribution is 2.29.